The number of carbonyl (C=O) groups excluding carboxylic acids is 1. The van der Waals surface area contributed by atoms with Crippen LogP contribution in [-0.4, -0.2) is 56.3 Å². The number of hydrogen-bond donors (Lipinski definition) is 0. The van der Waals surface area contributed by atoms with Gasteiger partial charge in [-0.2, -0.15) is 0 Å². The summed E-state index contributed by atoms with van der Waals surface area (Å²) < 4.78 is 1.76. The number of fused-ring (bicyclic) bond motifs is 1. The largest absolute Gasteiger partial charge is 0.335 e. The van der Waals surface area contributed by atoms with Gasteiger partial charge in [-0.25, -0.2) is 9.97 Å². The third kappa shape index (κ3) is 3.46. The van der Waals surface area contributed by atoms with Crippen LogP contribution >= 0.6 is 0 Å². The lowest BCUT2D eigenvalue weighted by molar-refractivity contribution is 0.0591. The van der Waals surface area contributed by atoms with Crippen LogP contribution in [0.4, 0.5) is 0 Å². The average Bonchev–Trinajstić information content (AvgIpc) is 3.25. The summed E-state index contributed by atoms with van der Waals surface area (Å²) in [5.41, 5.74) is 3.11. The van der Waals surface area contributed by atoms with E-state index in [1.54, 1.807) is 16.8 Å². The van der Waals surface area contributed by atoms with Gasteiger partial charge < -0.3 is 4.90 Å². The molecule has 0 unspecified atom stereocenters. The third-order valence-electron chi connectivity index (χ3n) is 5.70. The van der Waals surface area contributed by atoms with E-state index in [9.17, 15) is 4.79 Å². The van der Waals surface area contributed by atoms with Gasteiger partial charge >= 0.3 is 0 Å². The predicted octanol–water partition coefficient (Wildman–Crippen LogP) is 3.28. The quantitative estimate of drug-likeness (QED) is 0.530. The van der Waals surface area contributed by atoms with Gasteiger partial charge in [0.05, 0.1) is 12.2 Å². The highest BCUT2D eigenvalue weighted by atomic mass is 16.2. The van der Waals surface area contributed by atoms with Crippen molar-refractivity contribution in [1.82, 2.24) is 24.2 Å². The van der Waals surface area contributed by atoms with Gasteiger partial charge in [-0.15, -0.1) is 0 Å². The molecule has 1 aliphatic rings. The van der Waals surface area contributed by atoms with Gasteiger partial charge in [-0.05, 0) is 17.2 Å². The number of imidazole rings is 1. The molecule has 1 fully saturated rings. The van der Waals surface area contributed by atoms with Crippen molar-refractivity contribution in [1.29, 1.82) is 0 Å². The number of hydrogen-bond acceptors (Lipinski definition) is 4. The first-order valence-corrected chi connectivity index (χ1v) is 10.2. The zero-order valence-electron chi connectivity index (χ0n) is 16.6. The fraction of sp³-hybridized carbons (Fsp3) is 0.208. The minimum absolute atomic E-state index is 0.00567. The Labute approximate surface area is 175 Å². The molecule has 1 aliphatic heterocycles. The molecule has 0 aliphatic carbocycles. The zero-order chi connectivity index (χ0) is 20.3. The first-order valence-electron chi connectivity index (χ1n) is 10.2. The molecule has 150 valence electrons. The van der Waals surface area contributed by atoms with Crippen LogP contribution in [0.25, 0.3) is 5.78 Å². The van der Waals surface area contributed by atoms with Gasteiger partial charge in [0.25, 0.3) is 5.91 Å². The van der Waals surface area contributed by atoms with E-state index in [-0.39, 0.29) is 11.9 Å². The van der Waals surface area contributed by atoms with Crippen molar-refractivity contribution in [2.75, 3.05) is 26.2 Å². The molecule has 5 rings (SSSR count). The first-order chi connectivity index (χ1) is 14.8. The number of piperazine rings is 1. The maximum absolute atomic E-state index is 13.1. The molecule has 0 saturated carbocycles. The molecule has 4 aromatic rings. The van der Waals surface area contributed by atoms with Crippen molar-refractivity contribution >= 4 is 11.7 Å². The van der Waals surface area contributed by atoms with E-state index in [1.807, 2.05) is 29.3 Å². The summed E-state index contributed by atoms with van der Waals surface area (Å²) >= 11 is 0. The second-order valence-electron chi connectivity index (χ2n) is 7.49. The normalized spacial score (nSPS) is 15.0. The second-order valence-corrected chi connectivity index (χ2v) is 7.49. The van der Waals surface area contributed by atoms with Crippen molar-refractivity contribution in [3.8, 4) is 0 Å². The van der Waals surface area contributed by atoms with Crippen LogP contribution in [-0.2, 0) is 0 Å². The molecule has 0 N–H and O–H groups in total. The number of nitrogens with zero attached hydrogens (tertiary/aromatic N) is 5. The standard InChI is InChI=1S/C24H23N5O/c30-23(21-18-26-24-25-12-7-13-29(21)24)28-16-14-27(15-17-28)22(19-8-3-1-4-9-19)20-10-5-2-6-11-20/h1-13,18,22H,14-17H2. The van der Waals surface area contributed by atoms with E-state index in [0.29, 0.717) is 24.6 Å². The molecule has 0 spiro atoms. The van der Waals surface area contributed by atoms with Gasteiger partial charge in [0.15, 0.2) is 0 Å². The minimum atomic E-state index is 0.00567. The van der Waals surface area contributed by atoms with Crippen LogP contribution in [0.1, 0.15) is 27.7 Å². The molecular weight excluding hydrogens is 374 g/mol. The van der Waals surface area contributed by atoms with Gasteiger partial charge in [0, 0.05) is 38.6 Å². The molecule has 0 radical (unpaired) electrons. The molecule has 2 aromatic carbocycles. The van der Waals surface area contributed by atoms with Gasteiger partial charge in [0.2, 0.25) is 5.78 Å². The van der Waals surface area contributed by atoms with Crippen molar-refractivity contribution in [2.24, 2.45) is 0 Å². The molecule has 30 heavy (non-hydrogen) atoms. The van der Waals surface area contributed by atoms with Gasteiger partial charge in [-0.1, -0.05) is 60.7 Å². The lowest BCUT2D eigenvalue weighted by Crippen LogP contribution is -2.50. The van der Waals surface area contributed by atoms with Crippen LogP contribution in [0, 0.1) is 0 Å². The Bertz CT molecular complexity index is 1090. The van der Waals surface area contributed by atoms with E-state index in [0.717, 1.165) is 13.1 Å². The van der Waals surface area contributed by atoms with Crippen LogP contribution in [0.3, 0.4) is 0 Å². The number of aromatic nitrogens is 3. The molecule has 6 heteroatoms. The summed E-state index contributed by atoms with van der Waals surface area (Å²) in [7, 11) is 0. The van der Waals surface area contributed by atoms with E-state index in [2.05, 4.69) is 63.4 Å². The summed E-state index contributed by atoms with van der Waals surface area (Å²) in [6.07, 6.45) is 5.14. The second kappa shape index (κ2) is 8.08. The molecule has 1 saturated heterocycles. The average molecular weight is 397 g/mol. The number of amides is 1. The topological polar surface area (TPSA) is 53.7 Å². The van der Waals surface area contributed by atoms with E-state index in [1.165, 1.54) is 11.1 Å². The highest BCUT2D eigenvalue weighted by Crippen LogP contribution is 2.29. The maximum Gasteiger partial charge on any atom is 0.272 e. The molecule has 0 bridgehead atoms. The Hall–Kier alpha value is -3.51. The van der Waals surface area contributed by atoms with Crippen LogP contribution in [0.5, 0.6) is 0 Å². The van der Waals surface area contributed by atoms with Crippen molar-refractivity contribution in [2.45, 2.75) is 6.04 Å². The number of rotatable bonds is 4. The van der Waals surface area contributed by atoms with E-state index >= 15 is 0 Å². The molecule has 2 aromatic heterocycles. The highest BCUT2D eigenvalue weighted by molar-refractivity contribution is 5.93. The van der Waals surface area contributed by atoms with Crippen LogP contribution in [0.15, 0.2) is 85.3 Å². The monoisotopic (exact) mass is 397 g/mol. The molecule has 0 atom stereocenters. The number of benzene rings is 2. The Balaban J connectivity index is 1.35. The van der Waals surface area contributed by atoms with Gasteiger partial charge in [0.1, 0.15) is 5.69 Å². The van der Waals surface area contributed by atoms with E-state index in [4.69, 9.17) is 0 Å². The fourth-order valence-electron chi connectivity index (χ4n) is 4.22. The highest BCUT2D eigenvalue weighted by Gasteiger charge is 2.29. The Morgan fingerprint density at radius 1 is 0.800 bits per heavy atom. The fourth-order valence-corrected chi connectivity index (χ4v) is 4.22. The first kappa shape index (κ1) is 18.5. The van der Waals surface area contributed by atoms with Crippen molar-refractivity contribution in [3.05, 3.63) is 102 Å². The summed E-state index contributed by atoms with van der Waals surface area (Å²) in [6.45, 7) is 3.00. The Kier molecular flexibility index (Phi) is 4.99. The minimum Gasteiger partial charge on any atom is -0.335 e. The maximum atomic E-state index is 13.1. The number of carbonyl (C=O) groups is 1. The van der Waals surface area contributed by atoms with Crippen LogP contribution < -0.4 is 0 Å². The summed E-state index contributed by atoms with van der Waals surface area (Å²) in [5.74, 6) is 0.554. The third-order valence-corrected chi connectivity index (χ3v) is 5.70. The molecule has 6 nitrogen and oxygen atoms in total. The van der Waals surface area contributed by atoms with Crippen molar-refractivity contribution < 1.29 is 4.79 Å². The van der Waals surface area contributed by atoms with Crippen molar-refractivity contribution in [3.63, 3.8) is 0 Å². The summed E-state index contributed by atoms with van der Waals surface area (Å²) in [5, 5.41) is 0. The summed E-state index contributed by atoms with van der Waals surface area (Å²) in [4.78, 5) is 25.9. The Morgan fingerprint density at radius 2 is 1.43 bits per heavy atom. The smallest absolute Gasteiger partial charge is 0.272 e. The van der Waals surface area contributed by atoms with Crippen LogP contribution in [0.2, 0.25) is 0 Å². The van der Waals surface area contributed by atoms with Gasteiger partial charge in [-0.3, -0.25) is 14.1 Å². The molecular formula is C24H23N5O. The zero-order valence-corrected chi connectivity index (χ0v) is 16.6. The lowest BCUT2D eigenvalue weighted by atomic mass is 9.96. The van der Waals surface area contributed by atoms with E-state index < -0.39 is 0 Å². The Morgan fingerprint density at radius 3 is 2.07 bits per heavy atom. The SMILES string of the molecule is O=C(c1cnc2ncccn12)N1CCN(C(c2ccccc2)c2ccccc2)CC1. The lowest BCUT2D eigenvalue weighted by Gasteiger charge is -2.39. The molecule has 1 amide bonds. The molecule has 3 heterocycles. The summed E-state index contributed by atoms with van der Waals surface area (Å²) in [6, 6.07) is 23.2. The predicted molar refractivity (Wildman–Crippen MR) is 115 cm³/mol.